The minimum Gasteiger partial charge on any atom is -0.462 e. The Labute approximate surface area is 203 Å². The lowest BCUT2D eigenvalue weighted by Crippen LogP contribution is -2.83. The molecule has 7 bridgehead atoms. The first-order valence-electron chi connectivity index (χ1n) is 13.5. The molecular weight excluding hydrogens is 424 g/mol. The van der Waals surface area contributed by atoms with Gasteiger partial charge in [-0.1, -0.05) is 58.4 Å². The molecule has 9 aliphatic rings. The fraction of sp³-hybridized carbons (Fsp3) is 0.733. The van der Waals surface area contributed by atoms with Gasteiger partial charge in [0.1, 0.15) is 5.41 Å². The topological polar surface area (TPSA) is 52.6 Å². The number of ether oxygens (including phenoxy) is 2. The van der Waals surface area contributed by atoms with Gasteiger partial charge in [0.2, 0.25) is 5.78 Å². The minimum atomic E-state index is -1.36. The monoisotopic (exact) mass is 462 g/mol. The maximum Gasteiger partial charge on any atom is 0.278 e. The van der Waals surface area contributed by atoms with Crippen molar-refractivity contribution in [3.63, 3.8) is 0 Å². The zero-order valence-electron chi connectivity index (χ0n) is 21.3. The Balaban J connectivity index is 1.63. The zero-order valence-corrected chi connectivity index (χ0v) is 21.3. The van der Waals surface area contributed by atoms with E-state index in [1.807, 2.05) is 6.08 Å². The summed E-state index contributed by atoms with van der Waals surface area (Å²) in [4.78, 5) is 30.0. The standard InChI is InChI=1S/C30H38O4/c1-7-19-13-20-22-18(4)15-33-30-24(32)29(22,17(2)3)23(31)26(14-19)12-9-21-25(5,6)10-8-11-27(21,34-30)16-28(20,26)30/h7,13,15,17,20-22H,1,8-12,14,16H2,2-6H3/t20-,21+,22-,26+,27+,28+,29-,30+/m1/s1. The Morgan fingerprint density at radius 2 is 1.91 bits per heavy atom. The van der Waals surface area contributed by atoms with Crippen LogP contribution in [-0.2, 0) is 19.1 Å². The molecular formula is C30H38O4. The van der Waals surface area contributed by atoms with Gasteiger partial charge in [-0.05, 0) is 74.2 Å². The first-order chi connectivity index (χ1) is 16.0. The van der Waals surface area contributed by atoms with Crippen molar-refractivity contribution in [2.75, 3.05) is 0 Å². The van der Waals surface area contributed by atoms with Gasteiger partial charge < -0.3 is 9.47 Å². The van der Waals surface area contributed by atoms with E-state index in [-0.39, 0.29) is 34.7 Å². The molecule has 0 aromatic carbocycles. The van der Waals surface area contributed by atoms with Crippen LogP contribution < -0.4 is 0 Å². The molecule has 4 nitrogen and oxygen atoms in total. The van der Waals surface area contributed by atoms with Crippen molar-refractivity contribution in [2.45, 2.75) is 91.0 Å². The number of hydrogen-bond donors (Lipinski definition) is 0. The van der Waals surface area contributed by atoms with E-state index in [1.165, 1.54) is 0 Å². The highest BCUT2D eigenvalue weighted by Gasteiger charge is 2.94. The number of allylic oxidation sites excluding steroid dienone is 4. The second kappa shape index (κ2) is 5.82. The molecule has 6 fully saturated rings. The minimum absolute atomic E-state index is 0.0500. The quantitative estimate of drug-likeness (QED) is 0.478. The summed E-state index contributed by atoms with van der Waals surface area (Å²) in [7, 11) is 0. The van der Waals surface area contributed by atoms with Crippen LogP contribution in [0.15, 0.2) is 36.1 Å². The van der Waals surface area contributed by atoms with E-state index in [1.54, 1.807) is 6.26 Å². The van der Waals surface area contributed by atoms with Crippen molar-refractivity contribution >= 4 is 11.6 Å². The number of Topliss-reactive ketones (excluding diaryl/α,β-unsaturated/α-hetero) is 2. The molecule has 3 spiro atoms. The second-order valence-electron chi connectivity index (χ2n) is 13.7. The third kappa shape index (κ3) is 1.77. The summed E-state index contributed by atoms with van der Waals surface area (Å²) < 4.78 is 14.0. The highest BCUT2D eigenvalue weighted by atomic mass is 16.7. The summed E-state index contributed by atoms with van der Waals surface area (Å²) in [6, 6.07) is 0. The van der Waals surface area contributed by atoms with Gasteiger partial charge in [-0.15, -0.1) is 0 Å². The molecule has 8 atom stereocenters. The van der Waals surface area contributed by atoms with Crippen LogP contribution in [-0.4, -0.2) is 23.0 Å². The van der Waals surface area contributed by atoms with Crippen LogP contribution in [0.25, 0.3) is 0 Å². The normalized spacial score (nSPS) is 53.5. The lowest BCUT2D eigenvalue weighted by molar-refractivity contribution is -0.324. The Bertz CT molecular complexity index is 1130. The summed E-state index contributed by atoms with van der Waals surface area (Å²) in [5, 5.41) is 0. The Morgan fingerprint density at radius 1 is 1.15 bits per heavy atom. The van der Waals surface area contributed by atoms with E-state index in [9.17, 15) is 4.79 Å². The molecule has 3 heterocycles. The number of hydrogen-bond acceptors (Lipinski definition) is 4. The van der Waals surface area contributed by atoms with E-state index < -0.39 is 27.6 Å². The molecule has 182 valence electrons. The lowest BCUT2D eigenvalue weighted by atomic mass is 9.28. The Hall–Kier alpha value is -1.68. The van der Waals surface area contributed by atoms with E-state index in [4.69, 9.17) is 9.47 Å². The maximum atomic E-state index is 15.1. The highest BCUT2D eigenvalue weighted by Crippen LogP contribution is 2.85. The van der Waals surface area contributed by atoms with Crippen LogP contribution in [0.5, 0.6) is 0 Å². The zero-order chi connectivity index (χ0) is 24.1. The smallest absolute Gasteiger partial charge is 0.278 e. The molecule has 0 unspecified atom stereocenters. The van der Waals surface area contributed by atoms with Crippen LogP contribution in [0.1, 0.15) is 79.6 Å². The van der Waals surface area contributed by atoms with Gasteiger partial charge in [0, 0.05) is 11.3 Å². The van der Waals surface area contributed by atoms with E-state index in [2.05, 4.69) is 47.3 Å². The Morgan fingerprint density at radius 3 is 2.62 bits per heavy atom. The van der Waals surface area contributed by atoms with Crippen LogP contribution in [0, 0.1) is 45.3 Å². The van der Waals surface area contributed by atoms with Gasteiger partial charge in [-0.2, -0.15) is 0 Å². The third-order valence-electron chi connectivity index (χ3n) is 12.1. The van der Waals surface area contributed by atoms with Gasteiger partial charge in [0.25, 0.3) is 5.79 Å². The molecule has 0 aromatic rings. The van der Waals surface area contributed by atoms with Crippen molar-refractivity contribution in [1.82, 2.24) is 0 Å². The van der Waals surface area contributed by atoms with Crippen molar-refractivity contribution in [1.29, 1.82) is 0 Å². The summed E-state index contributed by atoms with van der Waals surface area (Å²) in [5.74, 6) is -1.15. The number of fused-ring (bicyclic) bond motifs is 1. The van der Waals surface area contributed by atoms with Crippen molar-refractivity contribution < 1.29 is 19.1 Å². The molecule has 5 saturated carbocycles. The maximum absolute atomic E-state index is 15.1. The molecule has 0 amide bonds. The van der Waals surface area contributed by atoms with Gasteiger partial charge in [-0.25, -0.2) is 0 Å². The third-order valence-corrected chi connectivity index (χ3v) is 12.1. The first kappa shape index (κ1) is 21.6. The molecule has 6 aliphatic carbocycles. The van der Waals surface area contributed by atoms with Crippen molar-refractivity contribution in [3.8, 4) is 0 Å². The Kier molecular flexibility index (Phi) is 3.70. The average molecular weight is 463 g/mol. The molecule has 9 rings (SSSR count). The van der Waals surface area contributed by atoms with Crippen molar-refractivity contribution in [3.05, 3.63) is 36.1 Å². The average Bonchev–Trinajstić information content (AvgIpc) is 2.86. The second-order valence-corrected chi connectivity index (χ2v) is 13.7. The molecule has 0 radical (unpaired) electrons. The SMILES string of the molecule is C=CC1=C[C@@H]2[C@H]3C(C)=CO[C@]45O[C@]67CCCC(C)(C)[C@@H]6CC[C@](C1)(C(=O)[C@]3(C(C)C)C4=O)[C@]25C7. The summed E-state index contributed by atoms with van der Waals surface area (Å²) in [6.45, 7) is 15.1. The summed E-state index contributed by atoms with van der Waals surface area (Å²) >= 11 is 0. The summed E-state index contributed by atoms with van der Waals surface area (Å²) in [5.41, 5.74) is -0.489. The summed E-state index contributed by atoms with van der Waals surface area (Å²) in [6.07, 6.45) is 12.6. The molecule has 34 heavy (non-hydrogen) atoms. The fourth-order valence-electron chi connectivity index (χ4n) is 11.1. The van der Waals surface area contributed by atoms with Crippen LogP contribution >= 0.6 is 0 Å². The number of carbonyl (C=O) groups is 2. The predicted molar refractivity (Wildman–Crippen MR) is 128 cm³/mol. The van der Waals surface area contributed by atoms with Crippen LogP contribution in [0.4, 0.5) is 0 Å². The van der Waals surface area contributed by atoms with Gasteiger partial charge >= 0.3 is 0 Å². The number of carbonyl (C=O) groups excluding carboxylic acids is 2. The van der Waals surface area contributed by atoms with E-state index in [0.29, 0.717) is 12.3 Å². The molecule has 0 aromatic heterocycles. The highest BCUT2D eigenvalue weighted by molar-refractivity contribution is 6.18. The molecule has 4 heteroatoms. The molecule has 3 aliphatic heterocycles. The molecule has 1 saturated heterocycles. The fourth-order valence-corrected chi connectivity index (χ4v) is 11.1. The predicted octanol–water partition coefficient (Wildman–Crippen LogP) is 5.93. The van der Waals surface area contributed by atoms with Crippen LogP contribution in [0.2, 0.25) is 0 Å². The van der Waals surface area contributed by atoms with Gasteiger partial charge in [0.05, 0.1) is 17.3 Å². The van der Waals surface area contributed by atoms with Crippen molar-refractivity contribution in [2.24, 2.45) is 45.3 Å². The van der Waals surface area contributed by atoms with Gasteiger partial charge in [0.15, 0.2) is 5.78 Å². The lowest BCUT2D eigenvalue weighted by Gasteiger charge is -2.72. The van der Waals surface area contributed by atoms with Gasteiger partial charge in [-0.3, -0.25) is 9.59 Å². The first-order valence-corrected chi connectivity index (χ1v) is 13.5. The number of rotatable bonds is 2. The number of ketones is 2. The van der Waals surface area contributed by atoms with E-state index in [0.717, 1.165) is 49.7 Å². The molecule has 0 N–H and O–H groups in total. The largest absolute Gasteiger partial charge is 0.462 e. The van der Waals surface area contributed by atoms with E-state index >= 15 is 4.79 Å². The van der Waals surface area contributed by atoms with Crippen LogP contribution in [0.3, 0.4) is 0 Å².